The molecule has 0 aliphatic carbocycles. The van der Waals surface area contributed by atoms with Gasteiger partial charge in [0.25, 0.3) is 5.91 Å². The van der Waals surface area contributed by atoms with Gasteiger partial charge in [-0.3, -0.25) is 4.79 Å². The standard InChI is InChI=1S/C12H17ClN2O2.ClH/c1-14-7-8-15(2)12(16)9-17-11-6-4-3-5-10(11)13;/h3-6,14H,7-9H2,1-2H3;1H. The number of benzene rings is 1. The van der Waals surface area contributed by atoms with Crippen molar-refractivity contribution in [3.8, 4) is 5.75 Å². The molecule has 0 heterocycles. The molecule has 0 fully saturated rings. The normalized spacial score (nSPS) is 9.50. The Morgan fingerprint density at radius 3 is 2.72 bits per heavy atom. The van der Waals surface area contributed by atoms with Crippen LogP contribution in [0.1, 0.15) is 0 Å². The number of rotatable bonds is 6. The molecule has 1 amide bonds. The van der Waals surface area contributed by atoms with E-state index in [2.05, 4.69) is 5.32 Å². The average Bonchev–Trinajstić information content (AvgIpc) is 2.34. The second-order valence-electron chi connectivity index (χ2n) is 3.64. The van der Waals surface area contributed by atoms with Gasteiger partial charge in [0.2, 0.25) is 0 Å². The maximum atomic E-state index is 11.7. The summed E-state index contributed by atoms with van der Waals surface area (Å²) < 4.78 is 5.36. The molecule has 0 radical (unpaired) electrons. The largest absolute Gasteiger partial charge is 0.482 e. The lowest BCUT2D eigenvalue weighted by molar-refractivity contribution is -0.131. The number of amides is 1. The number of para-hydroxylation sites is 1. The van der Waals surface area contributed by atoms with Crippen LogP contribution in [0.5, 0.6) is 5.75 Å². The predicted octanol–water partition coefficient (Wildman–Crippen LogP) is 1.82. The van der Waals surface area contributed by atoms with Crippen molar-refractivity contribution in [2.75, 3.05) is 33.8 Å². The van der Waals surface area contributed by atoms with Gasteiger partial charge in [0, 0.05) is 20.1 Å². The molecule has 4 nitrogen and oxygen atoms in total. The smallest absolute Gasteiger partial charge is 0.260 e. The van der Waals surface area contributed by atoms with Gasteiger partial charge in [-0.15, -0.1) is 12.4 Å². The number of hydrogen-bond donors (Lipinski definition) is 1. The topological polar surface area (TPSA) is 41.6 Å². The molecule has 0 aliphatic rings. The highest BCUT2D eigenvalue weighted by atomic mass is 35.5. The van der Waals surface area contributed by atoms with Gasteiger partial charge in [0.15, 0.2) is 6.61 Å². The fraction of sp³-hybridized carbons (Fsp3) is 0.417. The van der Waals surface area contributed by atoms with Crippen LogP contribution < -0.4 is 10.1 Å². The van der Waals surface area contributed by atoms with Crippen molar-refractivity contribution < 1.29 is 9.53 Å². The van der Waals surface area contributed by atoms with Crippen molar-refractivity contribution in [2.45, 2.75) is 0 Å². The summed E-state index contributed by atoms with van der Waals surface area (Å²) in [6.45, 7) is 1.42. The molecule has 1 rings (SSSR count). The van der Waals surface area contributed by atoms with Crippen LogP contribution in [0.25, 0.3) is 0 Å². The zero-order chi connectivity index (χ0) is 12.7. The van der Waals surface area contributed by atoms with E-state index in [1.165, 1.54) is 0 Å². The molecule has 0 saturated carbocycles. The third-order valence-corrected chi connectivity index (χ3v) is 2.62. The fourth-order valence-corrected chi connectivity index (χ4v) is 1.41. The van der Waals surface area contributed by atoms with Gasteiger partial charge in [0.05, 0.1) is 5.02 Å². The predicted molar refractivity (Wildman–Crippen MR) is 75.8 cm³/mol. The zero-order valence-electron chi connectivity index (χ0n) is 10.5. The van der Waals surface area contributed by atoms with E-state index < -0.39 is 0 Å². The van der Waals surface area contributed by atoms with E-state index in [1.807, 2.05) is 19.2 Å². The minimum atomic E-state index is -0.0693. The van der Waals surface area contributed by atoms with E-state index in [4.69, 9.17) is 16.3 Å². The van der Waals surface area contributed by atoms with Crippen LogP contribution in [0.4, 0.5) is 0 Å². The molecule has 0 aromatic heterocycles. The molecule has 0 spiro atoms. The highest BCUT2D eigenvalue weighted by molar-refractivity contribution is 6.32. The molecule has 102 valence electrons. The summed E-state index contributed by atoms with van der Waals surface area (Å²) in [5, 5.41) is 3.49. The van der Waals surface area contributed by atoms with E-state index in [1.54, 1.807) is 24.1 Å². The lowest BCUT2D eigenvalue weighted by Crippen LogP contribution is -2.35. The number of ether oxygens (including phenoxy) is 1. The van der Waals surface area contributed by atoms with Crippen molar-refractivity contribution in [3.63, 3.8) is 0 Å². The SMILES string of the molecule is CNCCN(C)C(=O)COc1ccccc1Cl.Cl. The van der Waals surface area contributed by atoms with Crippen LogP contribution in [-0.2, 0) is 4.79 Å². The summed E-state index contributed by atoms with van der Waals surface area (Å²) in [5.74, 6) is 0.463. The Hall–Kier alpha value is -0.970. The highest BCUT2D eigenvalue weighted by Gasteiger charge is 2.09. The highest BCUT2D eigenvalue weighted by Crippen LogP contribution is 2.22. The second-order valence-corrected chi connectivity index (χ2v) is 4.05. The molecule has 1 N–H and O–H groups in total. The fourth-order valence-electron chi connectivity index (χ4n) is 1.22. The Balaban J connectivity index is 0.00000289. The molecule has 0 saturated heterocycles. The van der Waals surface area contributed by atoms with Gasteiger partial charge >= 0.3 is 0 Å². The monoisotopic (exact) mass is 292 g/mol. The summed E-state index contributed by atoms with van der Waals surface area (Å²) in [6.07, 6.45) is 0. The Bertz CT molecular complexity index is 375. The minimum absolute atomic E-state index is 0. The minimum Gasteiger partial charge on any atom is -0.482 e. The first-order valence-corrected chi connectivity index (χ1v) is 5.79. The number of carbonyl (C=O) groups excluding carboxylic acids is 1. The summed E-state index contributed by atoms with van der Waals surface area (Å²) in [6, 6.07) is 7.10. The van der Waals surface area contributed by atoms with Crippen LogP contribution in [-0.4, -0.2) is 44.6 Å². The number of likely N-dealkylation sites (N-methyl/N-ethyl adjacent to an activating group) is 2. The molecule has 0 atom stereocenters. The van der Waals surface area contributed by atoms with E-state index in [-0.39, 0.29) is 24.9 Å². The van der Waals surface area contributed by atoms with Gasteiger partial charge in [-0.1, -0.05) is 23.7 Å². The van der Waals surface area contributed by atoms with Gasteiger partial charge in [0.1, 0.15) is 5.75 Å². The van der Waals surface area contributed by atoms with Crippen molar-refractivity contribution in [3.05, 3.63) is 29.3 Å². The van der Waals surface area contributed by atoms with Crippen LogP contribution in [0.2, 0.25) is 5.02 Å². The average molecular weight is 293 g/mol. The summed E-state index contributed by atoms with van der Waals surface area (Å²) in [4.78, 5) is 13.3. The van der Waals surface area contributed by atoms with Crippen LogP contribution >= 0.6 is 24.0 Å². The Kier molecular flexibility index (Phi) is 8.54. The van der Waals surface area contributed by atoms with Crippen molar-refractivity contribution in [1.82, 2.24) is 10.2 Å². The molecule has 1 aromatic rings. The van der Waals surface area contributed by atoms with Crippen LogP contribution in [0, 0.1) is 0 Å². The van der Waals surface area contributed by atoms with Crippen molar-refractivity contribution in [2.24, 2.45) is 0 Å². The maximum absolute atomic E-state index is 11.7. The molecule has 0 aliphatic heterocycles. The first-order valence-electron chi connectivity index (χ1n) is 5.41. The Morgan fingerprint density at radius 2 is 2.11 bits per heavy atom. The summed E-state index contributed by atoms with van der Waals surface area (Å²) in [5.41, 5.74) is 0. The molecule has 18 heavy (non-hydrogen) atoms. The number of halogens is 2. The molecule has 0 bridgehead atoms. The van der Waals surface area contributed by atoms with E-state index in [9.17, 15) is 4.79 Å². The Morgan fingerprint density at radius 1 is 1.44 bits per heavy atom. The first kappa shape index (κ1) is 17.0. The third kappa shape index (κ3) is 5.58. The van der Waals surface area contributed by atoms with E-state index >= 15 is 0 Å². The van der Waals surface area contributed by atoms with Crippen LogP contribution in [0.3, 0.4) is 0 Å². The molecule has 0 unspecified atom stereocenters. The first-order chi connectivity index (χ1) is 8.15. The Labute approximate surface area is 119 Å². The summed E-state index contributed by atoms with van der Waals surface area (Å²) >= 11 is 5.91. The second kappa shape index (κ2) is 9.03. The lowest BCUT2D eigenvalue weighted by atomic mass is 10.3. The number of hydrogen-bond acceptors (Lipinski definition) is 3. The van der Waals surface area contributed by atoms with Gasteiger partial charge in [-0.2, -0.15) is 0 Å². The van der Waals surface area contributed by atoms with Gasteiger partial charge in [-0.05, 0) is 19.2 Å². The van der Waals surface area contributed by atoms with Crippen molar-refractivity contribution in [1.29, 1.82) is 0 Å². The van der Waals surface area contributed by atoms with Gasteiger partial charge in [-0.25, -0.2) is 0 Å². The lowest BCUT2D eigenvalue weighted by Gasteiger charge is -2.17. The quantitative estimate of drug-likeness (QED) is 0.870. The van der Waals surface area contributed by atoms with Crippen LogP contribution in [0.15, 0.2) is 24.3 Å². The molecular weight excluding hydrogens is 275 g/mol. The van der Waals surface area contributed by atoms with Crippen molar-refractivity contribution >= 4 is 29.9 Å². The third-order valence-electron chi connectivity index (χ3n) is 2.31. The zero-order valence-corrected chi connectivity index (χ0v) is 12.1. The summed E-state index contributed by atoms with van der Waals surface area (Å²) in [7, 11) is 3.59. The molecule has 1 aromatic carbocycles. The number of nitrogens with zero attached hydrogens (tertiary/aromatic N) is 1. The van der Waals surface area contributed by atoms with E-state index in [0.29, 0.717) is 17.3 Å². The number of carbonyl (C=O) groups is 1. The molecular formula is C12H18Cl2N2O2. The van der Waals surface area contributed by atoms with E-state index in [0.717, 1.165) is 6.54 Å². The molecule has 6 heteroatoms. The maximum Gasteiger partial charge on any atom is 0.260 e. The van der Waals surface area contributed by atoms with Gasteiger partial charge < -0.3 is 15.0 Å². The number of nitrogens with one attached hydrogen (secondary N) is 1.